The quantitative estimate of drug-likeness (QED) is 0.552. The number of carbonyl (C=O) groups is 1. The molecule has 3 rings (SSSR count). The van der Waals surface area contributed by atoms with Crippen molar-refractivity contribution in [2.75, 3.05) is 18.4 Å². The van der Waals surface area contributed by atoms with Crippen molar-refractivity contribution in [3.63, 3.8) is 0 Å². The van der Waals surface area contributed by atoms with Gasteiger partial charge in [0, 0.05) is 35.7 Å². The number of nitrogens with one attached hydrogen (secondary N) is 1. The third-order valence-corrected chi connectivity index (χ3v) is 7.15. The van der Waals surface area contributed by atoms with Crippen molar-refractivity contribution in [1.29, 1.82) is 0 Å². The first-order chi connectivity index (χ1) is 15.4. The number of halogens is 3. The van der Waals surface area contributed by atoms with Crippen molar-refractivity contribution in [2.24, 2.45) is 0 Å². The first kappa shape index (κ1) is 24.6. The van der Waals surface area contributed by atoms with Crippen LogP contribution >= 0.6 is 0 Å². The highest BCUT2D eigenvalue weighted by Gasteiger charge is 2.37. The summed E-state index contributed by atoms with van der Waals surface area (Å²) in [6, 6.07) is 5.87. The van der Waals surface area contributed by atoms with E-state index in [0.29, 0.717) is 30.0 Å². The van der Waals surface area contributed by atoms with Crippen LogP contribution in [0.25, 0.3) is 5.78 Å². The van der Waals surface area contributed by atoms with E-state index in [1.165, 1.54) is 29.4 Å². The third kappa shape index (κ3) is 4.98. The zero-order chi connectivity index (χ0) is 24.6. The van der Waals surface area contributed by atoms with Gasteiger partial charge in [-0.1, -0.05) is 19.9 Å². The number of sulfonamides is 1. The fourth-order valence-electron chi connectivity index (χ4n) is 3.40. The average Bonchev–Trinajstić information content (AvgIpc) is 3.17. The number of carbonyl (C=O) groups excluding carboxylic acids is 1. The number of rotatable bonds is 7. The highest BCUT2D eigenvalue weighted by atomic mass is 32.2. The number of benzene rings is 1. The number of nitrogens with zero attached hydrogens (tertiary/aromatic N) is 5. The van der Waals surface area contributed by atoms with E-state index in [-0.39, 0.29) is 22.8 Å². The Morgan fingerprint density at radius 1 is 1.15 bits per heavy atom. The van der Waals surface area contributed by atoms with Gasteiger partial charge < -0.3 is 5.32 Å². The van der Waals surface area contributed by atoms with E-state index in [2.05, 4.69) is 20.4 Å². The van der Waals surface area contributed by atoms with Gasteiger partial charge in [-0.15, -0.1) is 5.10 Å². The summed E-state index contributed by atoms with van der Waals surface area (Å²) in [5.74, 6) is -2.02. The molecule has 1 aromatic carbocycles. The number of fused-ring (bicyclic) bond motifs is 1. The lowest BCUT2D eigenvalue weighted by Crippen LogP contribution is -2.30. The molecule has 0 atom stereocenters. The van der Waals surface area contributed by atoms with Crippen molar-refractivity contribution in [1.82, 2.24) is 23.9 Å². The van der Waals surface area contributed by atoms with Crippen LogP contribution in [0.1, 0.15) is 36.6 Å². The maximum absolute atomic E-state index is 12.9. The summed E-state index contributed by atoms with van der Waals surface area (Å²) in [6.45, 7) is 7.17. The maximum atomic E-state index is 12.9. The van der Waals surface area contributed by atoms with Crippen LogP contribution in [-0.2, 0) is 27.4 Å². The summed E-state index contributed by atoms with van der Waals surface area (Å²) in [6.07, 6.45) is -4.92. The van der Waals surface area contributed by atoms with E-state index in [0.717, 1.165) is 4.52 Å². The Morgan fingerprint density at radius 2 is 1.82 bits per heavy atom. The van der Waals surface area contributed by atoms with Gasteiger partial charge in [-0.25, -0.2) is 17.9 Å². The first-order valence-electron chi connectivity index (χ1n) is 10.1. The Balaban J connectivity index is 1.86. The van der Waals surface area contributed by atoms with Gasteiger partial charge in [0.1, 0.15) is 0 Å². The molecule has 0 saturated heterocycles. The molecular weight excluding hydrogens is 461 g/mol. The molecule has 0 aliphatic rings. The molecule has 0 saturated carbocycles. The minimum Gasteiger partial charge on any atom is -0.326 e. The van der Waals surface area contributed by atoms with Gasteiger partial charge >= 0.3 is 6.18 Å². The van der Waals surface area contributed by atoms with Gasteiger partial charge in [0.15, 0.2) is 0 Å². The fraction of sp³-hybridized carbons (Fsp3) is 0.400. The molecular formula is C20H23F3N6O3S. The molecule has 3 aromatic rings. The summed E-state index contributed by atoms with van der Waals surface area (Å²) in [4.78, 5) is 20.2. The molecule has 0 spiro atoms. The lowest BCUT2D eigenvalue weighted by Gasteiger charge is -2.19. The van der Waals surface area contributed by atoms with Crippen molar-refractivity contribution in [2.45, 2.75) is 45.2 Å². The molecule has 0 aliphatic carbocycles. The highest BCUT2D eigenvalue weighted by Crippen LogP contribution is 2.27. The lowest BCUT2D eigenvalue weighted by molar-refractivity contribution is -0.144. The molecule has 0 bridgehead atoms. The molecule has 1 amide bonds. The first-order valence-corrected chi connectivity index (χ1v) is 11.5. The predicted molar refractivity (Wildman–Crippen MR) is 114 cm³/mol. The van der Waals surface area contributed by atoms with Crippen LogP contribution in [-0.4, -0.2) is 51.3 Å². The Morgan fingerprint density at radius 3 is 2.42 bits per heavy atom. The van der Waals surface area contributed by atoms with E-state index in [4.69, 9.17) is 0 Å². The van der Waals surface area contributed by atoms with E-state index in [1.54, 1.807) is 26.8 Å². The third-order valence-electron chi connectivity index (χ3n) is 5.10. The van der Waals surface area contributed by atoms with Gasteiger partial charge in [-0.2, -0.15) is 22.5 Å². The Bertz CT molecular complexity index is 1300. The smallest absolute Gasteiger partial charge is 0.326 e. The van der Waals surface area contributed by atoms with E-state index < -0.39 is 27.9 Å². The number of aromatic nitrogens is 4. The van der Waals surface area contributed by atoms with E-state index in [1.807, 2.05) is 0 Å². The van der Waals surface area contributed by atoms with Crippen molar-refractivity contribution in [3.8, 4) is 0 Å². The van der Waals surface area contributed by atoms with Crippen LogP contribution in [0.3, 0.4) is 0 Å². The van der Waals surface area contributed by atoms with Crippen LogP contribution in [0.2, 0.25) is 0 Å². The monoisotopic (exact) mass is 484 g/mol. The minimum absolute atomic E-state index is 0.0433. The van der Waals surface area contributed by atoms with Crippen LogP contribution < -0.4 is 5.32 Å². The number of hydrogen-bond acceptors (Lipinski definition) is 6. The number of aryl methyl sites for hydroxylation is 2. The number of anilines is 1. The van der Waals surface area contributed by atoms with Gasteiger partial charge in [0.25, 0.3) is 11.6 Å². The number of alkyl halides is 3. The molecule has 2 aromatic heterocycles. The molecule has 0 radical (unpaired) electrons. The van der Waals surface area contributed by atoms with Crippen LogP contribution in [0, 0.1) is 13.8 Å². The summed E-state index contributed by atoms with van der Waals surface area (Å²) >= 11 is 0. The molecule has 1 N–H and O–H groups in total. The van der Waals surface area contributed by atoms with Crippen molar-refractivity contribution < 1.29 is 26.4 Å². The largest absolute Gasteiger partial charge is 0.453 e. The molecule has 33 heavy (non-hydrogen) atoms. The zero-order valence-electron chi connectivity index (χ0n) is 18.4. The molecule has 178 valence electrons. The minimum atomic E-state index is -4.72. The SMILES string of the molecule is CCN(CC)S(=O)(=O)c1cccc(NC(=O)Cc2c(C)nc3nc(C(F)(F)F)nn3c2C)c1. The Hall–Kier alpha value is -3.06. The maximum Gasteiger partial charge on any atom is 0.453 e. The number of hydrogen-bond donors (Lipinski definition) is 1. The molecule has 0 unspecified atom stereocenters. The molecule has 2 heterocycles. The summed E-state index contributed by atoms with van der Waals surface area (Å²) in [7, 11) is -3.70. The van der Waals surface area contributed by atoms with Gasteiger partial charge in [0.2, 0.25) is 15.9 Å². The van der Waals surface area contributed by atoms with E-state index >= 15 is 0 Å². The predicted octanol–water partition coefficient (Wildman–Crippen LogP) is 2.97. The zero-order valence-corrected chi connectivity index (χ0v) is 19.3. The summed E-state index contributed by atoms with van der Waals surface area (Å²) in [5.41, 5.74) is 1.31. The van der Waals surface area contributed by atoms with Crippen LogP contribution in [0.4, 0.5) is 18.9 Å². The number of amides is 1. The molecule has 0 aliphatic heterocycles. The standard InChI is InChI=1S/C20H23F3N6O3S/c1-5-28(6-2)33(31,32)15-9-7-8-14(10-15)25-17(30)11-16-12(3)24-19-26-18(20(21,22)23)27-29(19)13(16)4/h7-10H,5-6,11H2,1-4H3,(H,25,30). The lowest BCUT2D eigenvalue weighted by atomic mass is 10.1. The van der Waals surface area contributed by atoms with Crippen LogP contribution in [0.15, 0.2) is 29.2 Å². The summed E-state index contributed by atoms with van der Waals surface area (Å²) < 4.78 is 66.5. The van der Waals surface area contributed by atoms with Crippen LogP contribution in [0.5, 0.6) is 0 Å². The Labute approximate surface area is 188 Å². The highest BCUT2D eigenvalue weighted by molar-refractivity contribution is 7.89. The fourth-order valence-corrected chi connectivity index (χ4v) is 4.90. The van der Waals surface area contributed by atoms with Crippen molar-refractivity contribution in [3.05, 3.63) is 47.0 Å². The second kappa shape index (κ2) is 9.06. The van der Waals surface area contributed by atoms with Crippen molar-refractivity contribution >= 4 is 27.4 Å². The molecule has 13 heteroatoms. The summed E-state index contributed by atoms with van der Waals surface area (Å²) in [5, 5.41) is 6.10. The van der Waals surface area contributed by atoms with Gasteiger partial charge in [-0.3, -0.25) is 4.79 Å². The average molecular weight is 485 g/mol. The molecule has 0 fully saturated rings. The second-order valence-corrected chi connectivity index (χ2v) is 9.19. The van der Waals surface area contributed by atoms with Gasteiger partial charge in [0.05, 0.1) is 11.3 Å². The molecule has 9 nitrogen and oxygen atoms in total. The Kier molecular flexibility index (Phi) is 6.75. The topological polar surface area (TPSA) is 110 Å². The van der Waals surface area contributed by atoms with Gasteiger partial charge in [-0.05, 0) is 32.0 Å². The van der Waals surface area contributed by atoms with E-state index in [9.17, 15) is 26.4 Å². The second-order valence-electron chi connectivity index (χ2n) is 7.25. The normalized spacial score (nSPS) is 12.5.